The van der Waals surface area contributed by atoms with Gasteiger partial charge in [-0.05, 0) is 19.1 Å². The molecule has 0 atom stereocenters. The molecule has 0 spiro atoms. The van der Waals surface area contributed by atoms with Gasteiger partial charge < -0.3 is 9.84 Å². The Labute approximate surface area is 119 Å². The first-order valence-corrected chi connectivity index (χ1v) is 6.82. The van der Waals surface area contributed by atoms with E-state index in [1.165, 1.54) is 11.3 Å². The first kappa shape index (κ1) is 14.0. The molecule has 0 fully saturated rings. The molecule has 2 rings (SSSR count). The highest BCUT2D eigenvalue weighted by Crippen LogP contribution is 2.29. The van der Waals surface area contributed by atoms with Crippen molar-refractivity contribution < 1.29 is 14.6 Å². The number of nitrogens with zero attached hydrogens (tertiary/aromatic N) is 1. The van der Waals surface area contributed by atoms with Gasteiger partial charge >= 0.3 is 5.97 Å². The normalized spacial score (nSPS) is 10.5. The van der Waals surface area contributed by atoms with Crippen molar-refractivity contribution in [1.29, 1.82) is 0 Å². The number of rotatable bonds is 4. The summed E-state index contributed by atoms with van der Waals surface area (Å²) in [5.74, 6) is -0.454. The van der Waals surface area contributed by atoms with Gasteiger partial charge in [-0.25, -0.2) is 9.78 Å². The second-order valence-electron chi connectivity index (χ2n) is 3.80. The number of ether oxygens (including phenoxy) is 1. The molecule has 0 aliphatic heterocycles. The minimum Gasteiger partial charge on any atom is -0.459 e. The molecule has 1 aromatic carbocycles. The molecular weight excluding hydrogens is 286 g/mol. The van der Waals surface area contributed by atoms with Crippen LogP contribution in [0.25, 0.3) is 10.6 Å². The van der Waals surface area contributed by atoms with Gasteiger partial charge in [0.25, 0.3) is 0 Å². The van der Waals surface area contributed by atoms with Crippen LogP contribution in [0.2, 0.25) is 5.02 Å². The third-order valence-corrected chi connectivity index (χ3v) is 3.84. The maximum atomic E-state index is 11.7. The van der Waals surface area contributed by atoms with Gasteiger partial charge in [0.15, 0.2) is 0 Å². The Kier molecular flexibility index (Phi) is 4.52. The third-order valence-electron chi connectivity index (χ3n) is 2.40. The molecule has 1 aromatic heterocycles. The fourth-order valence-corrected chi connectivity index (χ4v) is 2.60. The zero-order chi connectivity index (χ0) is 13.8. The molecular formula is C13H12ClNO3S. The predicted molar refractivity (Wildman–Crippen MR) is 74.7 cm³/mol. The maximum Gasteiger partial charge on any atom is 0.350 e. The highest BCUT2D eigenvalue weighted by Gasteiger charge is 2.17. The molecule has 0 aliphatic rings. The van der Waals surface area contributed by atoms with E-state index in [-0.39, 0.29) is 13.2 Å². The number of aryl methyl sites for hydroxylation is 1. The Morgan fingerprint density at radius 1 is 1.42 bits per heavy atom. The number of benzene rings is 1. The van der Waals surface area contributed by atoms with E-state index in [0.29, 0.717) is 15.6 Å². The molecule has 6 heteroatoms. The molecule has 0 unspecified atom stereocenters. The largest absolute Gasteiger partial charge is 0.459 e. The molecule has 0 aliphatic carbocycles. The number of halogens is 1. The fraction of sp³-hybridized carbons (Fsp3) is 0.231. The lowest BCUT2D eigenvalue weighted by Crippen LogP contribution is -2.08. The van der Waals surface area contributed by atoms with Crippen LogP contribution in [-0.4, -0.2) is 29.3 Å². The van der Waals surface area contributed by atoms with Crippen LogP contribution < -0.4 is 0 Å². The summed E-state index contributed by atoms with van der Waals surface area (Å²) >= 11 is 7.10. The minimum atomic E-state index is -0.454. The summed E-state index contributed by atoms with van der Waals surface area (Å²) < 4.78 is 4.89. The van der Waals surface area contributed by atoms with Gasteiger partial charge in [-0.15, -0.1) is 11.3 Å². The second-order valence-corrected chi connectivity index (χ2v) is 5.24. The zero-order valence-corrected chi connectivity index (χ0v) is 11.8. The number of carbonyl (C=O) groups is 1. The monoisotopic (exact) mass is 297 g/mol. The number of aliphatic hydroxyl groups is 1. The molecule has 0 saturated heterocycles. The van der Waals surface area contributed by atoms with Crippen LogP contribution >= 0.6 is 22.9 Å². The van der Waals surface area contributed by atoms with Crippen LogP contribution in [0.3, 0.4) is 0 Å². The zero-order valence-electron chi connectivity index (χ0n) is 10.2. The van der Waals surface area contributed by atoms with Crippen LogP contribution in [0.5, 0.6) is 0 Å². The Balaban J connectivity index is 2.25. The van der Waals surface area contributed by atoms with Gasteiger partial charge in [-0.1, -0.05) is 23.7 Å². The van der Waals surface area contributed by atoms with Crippen LogP contribution in [0.1, 0.15) is 15.4 Å². The lowest BCUT2D eigenvalue weighted by molar-refractivity contribution is 0.0438. The molecule has 1 heterocycles. The topological polar surface area (TPSA) is 59.4 Å². The fourth-order valence-electron chi connectivity index (χ4n) is 1.51. The van der Waals surface area contributed by atoms with Gasteiger partial charge in [0.2, 0.25) is 0 Å². The SMILES string of the molecule is Cc1nc(-c2ccc(Cl)cc2)sc1C(=O)OCCO. The average Bonchev–Trinajstić information content (AvgIpc) is 2.79. The summed E-state index contributed by atoms with van der Waals surface area (Å²) in [6, 6.07) is 7.25. The maximum absolute atomic E-state index is 11.7. The van der Waals surface area contributed by atoms with Crippen molar-refractivity contribution in [3.05, 3.63) is 39.9 Å². The van der Waals surface area contributed by atoms with E-state index in [4.69, 9.17) is 21.4 Å². The molecule has 0 saturated carbocycles. The van der Waals surface area contributed by atoms with Crippen molar-refractivity contribution in [2.75, 3.05) is 13.2 Å². The first-order valence-electron chi connectivity index (χ1n) is 5.63. The number of aliphatic hydroxyl groups excluding tert-OH is 1. The van der Waals surface area contributed by atoms with Crippen molar-refractivity contribution in [3.63, 3.8) is 0 Å². The van der Waals surface area contributed by atoms with E-state index < -0.39 is 5.97 Å². The van der Waals surface area contributed by atoms with Gasteiger partial charge in [0, 0.05) is 10.6 Å². The van der Waals surface area contributed by atoms with E-state index in [2.05, 4.69) is 4.98 Å². The molecule has 2 aromatic rings. The molecule has 1 N–H and O–H groups in total. The van der Waals surface area contributed by atoms with Crippen molar-refractivity contribution in [2.24, 2.45) is 0 Å². The summed E-state index contributed by atoms with van der Waals surface area (Å²) in [6.07, 6.45) is 0. The Morgan fingerprint density at radius 3 is 2.74 bits per heavy atom. The molecule has 0 radical (unpaired) electrons. The van der Waals surface area contributed by atoms with Crippen molar-refractivity contribution >= 4 is 28.9 Å². The Morgan fingerprint density at radius 2 is 2.11 bits per heavy atom. The summed E-state index contributed by atoms with van der Waals surface area (Å²) in [5, 5.41) is 10.0. The van der Waals surface area contributed by atoms with Gasteiger partial charge in [0.1, 0.15) is 16.5 Å². The van der Waals surface area contributed by atoms with Crippen LogP contribution in [0, 0.1) is 6.92 Å². The standard InChI is InChI=1S/C13H12ClNO3S/c1-8-11(13(17)18-7-6-16)19-12(15-8)9-2-4-10(14)5-3-9/h2-5,16H,6-7H2,1H3. The number of hydrogen-bond acceptors (Lipinski definition) is 5. The van der Waals surface area contributed by atoms with E-state index in [1.54, 1.807) is 19.1 Å². The van der Waals surface area contributed by atoms with Gasteiger partial charge in [-0.3, -0.25) is 0 Å². The summed E-state index contributed by atoms with van der Waals surface area (Å²) in [5.41, 5.74) is 1.52. The molecule has 19 heavy (non-hydrogen) atoms. The van der Waals surface area contributed by atoms with Crippen molar-refractivity contribution in [2.45, 2.75) is 6.92 Å². The quantitative estimate of drug-likeness (QED) is 0.882. The Bertz CT molecular complexity index is 580. The summed E-state index contributed by atoms with van der Waals surface area (Å²) in [4.78, 5) is 16.5. The number of carbonyl (C=O) groups excluding carboxylic acids is 1. The Hall–Kier alpha value is -1.43. The second kappa shape index (κ2) is 6.14. The highest BCUT2D eigenvalue weighted by molar-refractivity contribution is 7.17. The predicted octanol–water partition coefficient (Wildman–Crippen LogP) is 2.92. The number of hydrogen-bond donors (Lipinski definition) is 1. The van der Waals surface area contributed by atoms with E-state index >= 15 is 0 Å². The van der Waals surface area contributed by atoms with E-state index in [9.17, 15) is 4.79 Å². The number of esters is 1. The first-order chi connectivity index (χ1) is 9.11. The van der Waals surface area contributed by atoms with Crippen LogP contribution in [0.4, 0.5) is 0 Å². The smallest absolute Gasteiger partial charge is 0.350 e. The van der Waals surface area contributed by atoms with Crippen molar-refractivity contribution in [1.82, 2.24) is 4.98 Å². The lowest BCUT2D eigenvalue weighted by Gasteiger charge is -1.99. The molecule has 0 bridgehead atoms. The minimum absolute atomic E-state index is 0.00749. The van der Waals surface area contributed by atoms with Gasteiger partial charge in [-0.2, -0.15) is 0 Å². The summed E-state index contributed by atoms with van der Waals surface area (Å²) in [7, 11) is 0. The lowest BCUT2D eigenvalue weighted by atomic mass is 10.2. The highest BCUT2D eigenvalue weighted by atomic mass is 35.5. The van der Waals surface area contributed by atoms with Crippen LogP contribution in [0.15, 0.2) is 24.3 Å². The van der Waals surface area contributed by atoms with Gasteiger partial charge in [0.05, 0.1) is 12.3 Å². The molecule has 0 amide bonds. The molecule has 4 nitrogen and oxygen atoms in total. The number of thiazole rings is 1. The van der Waals surface area contributed by atoms with Crippen LogP contribution in [-0.2, 0) is 4.74 Å². The third kappa shape index (κ3) is 3.32. The van der Waals surface area contributed by atoms with E-state index in [0.717, 1.165) is 10.6 Å². The van der Waals surface area contributed by atoms with Crippen molar-refractivity contribution in [3.8, 4) is 10.6 Å². The average molecular weight is 298 g/mol. The molecule has 100 valence electrons. The number of aromatic nitrogens is 1. The van der Waals surface area contributed by atoms with E-state index in [1.807, 2.05) is 12.1 Å². The summed E-state index contributed by atoms with van der Waals surface area (Å²) in [6.45, 7) is 1.56.